The molecule has 2 aliphatic rings. The van der Waals surface area contributed by atoms with Crippen molar-refractivity contribution in [2.45, 2.75) is 13.5 Å². The van der Waals surface area contributed by atoms with E-state index in [1.165, 1.54) is 12.3 Å². The molecule has 2 aliphatic heterocycles. The number of benzene rings is 1. The number of hydrogen-bond acceptors (Lipinski definition) is 4. The second-order valence-electron chi connectivity index (χ2n) is 7.43. The monoisotopic (exact) mass is 359 g/mol. The van der Waals surface area contributed by atoms with Crippen LogP contribution >= 0.6 is 0 Å². The number of halogens is 1. The molecule has 7 heteroatoms. The minimum atomic E-state index is -1.29. The molecule has 26 heavy (non-hydrogen) atoms. The van der Waals surface area contributed by atoms with Gasteiger partial charge in [-0.15, -0.1) is 0 Å². The Morgan fingerprint density at radius 2 is 1.88 bits per heavy atom. The molecular weight excluding hydrogens is 337 g/mol. The quantitative estimate of drug-likeness (QED) is 0.906. The molecule has 4 rings (SSSR count). The van der Waals surface area contributed by atoms with E-state index in [4.69, 9.17) is 0 Å². The zero-order valence-electron chi connectivity index (χ0n) is 14.9. The van der Waals surface area contributed by atoms with Crippen molar-refractivity contribution in [2.24, 2.45) is 11.8 Å². The van der Waals surface area contributed by atoms with Crippen LogP contribution in [0.4, 0.5) is 10.1 Å². The molecule has 0 amide bonds. The maximum absolute atomic E-state index is 14.8. The lowest BCUT2D eigenvalue weighted by Crippen LogP contribution is -2.27. The van der Waals surface area contributed by atoms with Gasteiger partial charge in [-0.05, 0) is 37.9 Å². The van der Waals surface area contributed by atoms with Crippen LogP contribution in [0.15, 0.2) is 23.1 Å². The fourth-order valence-electron chi connectivity index (χ4n) is 4.48. The summed E-state index contributed by atoms with van der Waals surface area (Å²) in [6.07, 6.45) is 1.35. The Morgan fingerprint density at radius 1 is 1.23 bits per heavy atom. The predicted molar refractivity (Wildman–Crippen MR) is 97.5 cm³/mol. The first-order chi connectivity index (χ1) is 12.4. The summed E-state index contributed by atoms with van der Waals surface area (Å²) in [5.41, 5.74) is 0.111. The molecule has 2 unspecified atom stereocenters. The van der Waals surface area contributed by atoms with Gasteiger partial charge in [-0.1, -0.05) is 0 Å². The Kier molecular flexibility index (Phi) is 3.99. The minimum absolute atomic E-state index is 0.118. The highest BCUT2D eigenvalue weighted by molar-refractivity contribution is 5.93. The second-order valence-corrected chi connectivity index (χ2v) is 7.43. The van der Waals surface area contributed by atoms with Gasteiger partial charge in [-0.2, -0.15) is 0 Å². The Balaban J connectivity index is 1.81. The number of aromatic nitrogens is 1. The van der Waals surface area contributed by atoms with Crippen molar-refractivity contribution in [3.63, 3.8) is 0 Å². The molecule has 1 N–H and O–H groups in total. The summed E-state index contributed by atoms with van der Waals surface area (Å²) in [7, 11) is 2.11. The van der Waals surface area contributed by atoms with Gasteiger partial charge in [0.1, 0.15) is 11.4 Å². The van der Waals surface area contributed by atoms with Crippen molar-refractivity contribution < 1.29 is 14.3 Å². The van der Waals surface area contributed by atoms with Crippen LogP contribution in [0.5, 0.6) is 0 Å². The van der Waals surface area contributed by atoms with Gasteiger partial charge in [0.15, 0.2) is 0 Å². The molecule has 0 bridgehead atoms. The first kappa shape index (κ1) is 17.0. The van der Waals surface area contributed by atoms with Gasteiger partial charge in [0.25, 0.3) is 0 Å². The van der Waals surface area contributed by atoms with Gasteiger partial charge in [-0.3, -0.25) is 4.79 Å². The van der Waals surface area contributed by atoms with Gasteiger partial charge in [0.2, 0.25) is 5.43 Å². The van der Waals surface area contributed by atoms with Gasteiger partial charge in [-0.25, -0.2) is 9.18 Å². The third-order valence-electron chi connectivity index (χ3n) is 5.73. The normalized spacial score (nSPS) is 23.0. The fourth-order valence-corrected chi connectivity index (χ4v) is 4.48. The molecule has 0 spiro atoms. The highest BCUT2D eigenvalue weighted by Gasteiger charge is 2.39. The van der Waals surface area contributed by atoms with Crippen LogP contribution in [0.1, 0.15) is 17.3 Å². The van der Waals surface area contributed by atoms with E-state index in [0.717, 1.165) is 26.2 Å². The number of carboxylic acid groups (broad SMARTS) is 1. The van der Waals surface area contributed by atoms with Crippen molar-refractivity contribution in [3.05, 3.63) is 39.9 Å². The highest BCUT2D eigenvalue weighted by Crippen LogP contribution is 2.35. The summed E-state index contributed by atoms with van der Waals surface area (Å²) < 4.78 is 16.5. The van der Waals surface area contributed by atoms with Gasteiger partial charge in [0.05, 0.1) is 11.2 Å². The second kappa shape index (κ2) is 6.09. The number of carbonyl (C=O) groups is 1. The van der Waals surface area contributed by atoms with E-state index in [-0.39, 0.29) is 10.9 Å². The zero-order chi connectivity index (χ0) is 18.6. The lowest BCUT2D eigenvalue weighted by Gasteiger charge is -2.23. The predicted octanol–water partition coefficient (Wildman–Crippen LogP) is 1.86. The Hall–Kier alpha value is -2.41. The number of aromatic carboxylic acids is 1. The van der Waals surface area contributed by atoms with E-state index < -0.39 is 17.2 Å². The molecule has 2 atom stereocenters. The van der Waals surface area contributed by atoms with Crippen LogP contribution in [-0.4, -0.2) is 53.8 Å². The van der Waals surface area contributed by atoms with Crippen LogP contribution in [0.2, 0.25) is 0 Å². The van der Waals surface area contributed by atoms with Crippen LogP contribution in [0.3, 0.4) is 0 Å². The largest absolute Gasteiger partial charge is 0.477 e. The van der Waals surface area contributed by atoms with Gasteiger partial charge < -0.3 is 19.5 Å². The van der Waals surface area contributed by atoms with Crippen LogP contribution in [0, 0.1) is 17.7 Å². The van der Waals surface area contributed by atoms with Crippen LogP contribution in [-0.2, 0) is 6.54 Å². The number of nitrogens with zero attached hydrogens (tertiary/aromatic N) is 3. The number of anilines is 1. The molecule has 2 fully saturated rings. The van der Waals surface area contributed by atoms with E-state index in [9.17, 15) is 19.1 Å². The van der Waals surface area contributed by atoms with Crippen LogP contribution < -0.4 is 10.3 Å². The molecule has 0 radical (unpaired) electrons. The summed E-state index contributed by atoms with van der Waals surface area (Å²) in [6.45, 7) is 6.03. The third-order valence-corrected chi connectivity index (χ3v) is 5.73. The SMILES string of the molecule is CCn1cc(C(=O)O)c(=O)c2cc(F)c(N3CC4CN(C)CC4C3)cc21. The minimum Gasteiger partial charge on any atom is -0.477 e. The summed E-state index contributed by atoms with van der Waals surface area (Å²) in [5, 5.41) is 9.35. The first-order valence-electron chi connectivity index (χ1n) is 8.92. The summed E-state index contributed by atoms with van der Waals surface area (Å²) in [6, 6.07) is 2.90. The highest BCUT2D eigenvalue weighted by atomic mass is 19.1. The topological polar surface area (TPSA) is 65.8 Å². The Labute approximate surface area is 150 Å². The van der Waals surface area contributed by atoms with E-state index in [0.29, 0.717) is 29.6 Å². The molecule has 1 aromatic carbocycles. The first-order valence-corrected chi connectivity index (χ1v) is 8.92. The molecule has 2 aromatic rings. The average Bonchev–Trinajstić information content (AvgIpc) is 3.12. The van der Waals surface area contributed by atoms with Crippen molar-refractivity contribution in [3.8, 4) is 0 Å². The maximum Gasteiger partial charge on any atom is 0.341 e. The number of likely N-dealkylation sites (tertiary alicyclic amines) is 1. The number of rotatable bonds is 3. The average molecular weight is 359 g/mol. The Morgan fingerprint density at radius 3 is 2.46 bits per heavy atom. The lowest BCUT2D eigenvalue weighted by atomic mass is 10.0. The number of aryl methyl sites for hydroxylation is 1. The van der Waals surface area contributed by atoms with E-state index in [1.54, 1.807) is 10.6 Å². The summed E-state index contributed by atoms with van der Waals surface area (Å²) in [5.74, 6) is -0.677. The van der Waals surface area contributed by atoms with Crippen molar-refractivity contribution in [1.82, 2.24) is 9.47 Å². The molecule has 3 heterocycles. The molecule has 2 saturated heterocycles. The third kappa shape index (κ3) is 2.58. The Bertz CT molecular complexity index is 941. The van der Waals surface area contributed by atoms with E-state index >= 15 is 0 Å². The van der Waals surface area contributed by atoms with Gasteiger partial charge in [0, 0.05) is 44.3 Å². The van der Waals surface area contributed by atoms with Crippen molar-refractivity contribution >= 4 is 22.6 Å². The molecule has 6 nitrogen and oxygen atoms in total. The number of hydrogen-bond donors (Lipinski definition) is 1. The number of pyridine rings is 1. The van der Waals surface area contributed by atoms with E-state index in [2.05, 4.69) is 16.8 Å². The number of fused-ring (bicyclic) bond motifs is 2. The van der Waals surface area contributed by atoms with Crippen molar-refractivity contribution in [2.75, 3.05) is 38.1 Å². The standard InChI is InChI=1S/C19H22FN3O3/c1-3-22-10-14(19(25)26)18(24)13-4-15(20)17(5-16(13)22)23-8-11-6-21(2)7-12(11)9-23/h4-5,10-12H,3,6-9H2,1-2H3,(H,25,26). The van der Waals surface area contributed by atoms with Crippen LogP contribution in [0.25, 0.3) is 10.9 Å². The number of carboxylic acids is 1. The van der Waals surface area contributed by atoms with E-state index in [1.807, 2.05) is 6.92 Å². The maximum atomic E-state index is 14.8. The molecule has 138 valence electrons. The van der Waals surface area contributed by atoms with Crippen molar-refractivity contribution in [1.29, 1.82) is 0 Å². The molecule has 1 aromatic heterocycles. The molecule has 0 aliphatic carbocycles. The summed E-state index contributed by atoms with van der Waals surface area (Å²) >= 11 is 0. The smallest absolute Gasteiger partial charge is 0.341 e. The fraction of sp³-hybridized carbons (Fsp3) is 0.474. The molecule has 0 saturated carbocycles. The lowest BCUT2D eigenvalue weighted by molar-refractivity contribution is 0.0695. The summed E-state index contributed by atoms with van der Waals surface area (Å²) in [4.78, 5) is 28.1. The molecular formula is C19H22FN3O3. The zero-order valence-corrected chi connectivity index (χ0v) is 14.9. The van der Waals surface area contributed by atoms with Gasteiger partial charge >= 0.3 is 5.97 Å².